The third kappa shape index (κ3) is 3.85. The second kappa shape index (κ2) is 6.78. The van der Waals surface area contributed by atoms with Gasteiger partial charge in [0.2, 0.25) is 0 Å². The van der Waals surface area contributed by atoms with E-state index in [2.05, 4.69) is 21.6 Å². The lowest BCUT2D eigenvalue weighted by atomic mass is 10.2. The lowest BCUT2D eigenvalue weighted by Gasteiger charge is -2.34. The Morgan fingerprint density at radius 1 is 1.00 bits per heavy atom. The lowest BCUT2D eigenvalue weighted by Crippen LogP contribution is -2.44. The zero-order chi connectivity index (χ0) is 17.2. The molecule has 1 aliphatic rings. The number of nitrogens with zero attached hydrogens (tertiary/aromatic N) is 2. The predicted octanol–water partition coefficient (Wildman–Crippen LogP) is 2.38. The van der Waals surface area contributed by atoms with Crippen LogP contribution < -0.4 is 9.62 Å². The van der Waals surface area contributed by atoms with Crippen molar-refractivity contribution in [3.05, 3.63) is 54.3 Å². The molecule has 3 rings (SSSR count). The average Bonchev–Trinajstić information content (AvgIpc) is 2.56. The number of hydrogen-bond acceptors (Lipinski definition) is 4. The molecule has 1 N–H and O–H groups in total. The first-order valence-corrected chi connectivity index (χ1v) is 9.24. The van der Waals surface area contributed by atoms with Crippen LogP contribution in [-0.2, 0) is 10.0 Å². The molecule has 2 aromatic carbocycles. The van der Waals surface area contributed by atoms with E-state index in [1.165, 1.54) is 12.1 Å². The highest BCUT2D eigenvalue weighted by molar-refractivity contribution is 7.92. The summed E-state index contributed by atoms with van der Waals surface area (Å²) in [5.41, 5.74) is 1.48. The van der Waals surface area contributed by atoms with Crippen molar-refractivity contribution in [2.24, 2.45) is 0 Å². The Bertz CT molecular complexity index is 801. The van der Waals surface area contributed by atoms with Gasteiger partial charge in [0.15, 0.2) is 0 Å². The highest BCUT2D eigenvalue weighted by atomic mass is 32.2. The third-order valence-corrected chi connectivity index (χ3v) is 5.49. The van der Waals surface area contributed by atoms with E-state index in [0.717, 1.165) is 44.0 Å². The molecule has 0 radical (unpaired) electrons. The molecule has 0 atom stereocenters. The van der Waals surface area contributed by atoms with Crippen LogP contribution in [0.25, 0.3) is 0 Å². The molecule has 0 amide bonds. The molecule has 0 spiro atoms. The summed E-state index contributed by atoms with van der Waals surface area (Å²) in [6.07, 6.45) is 0. The van der Waals surface area contributed by atoms with Crippen molar-refractivity contribution < 1.29 is 12.8 Å². The largest absolute Gasteiger partial charge is 0.369 e. The van der Waals surface area contributed by atoms with Crippen molar-refractivity contribution in [2.75, 3.05) is 42.8 Å². The SMILES string of the molecule is CN1CCN(c2cccc(NS(=O)(=O)c3ccc(F)cc3)c2)CC1. The summed E-state index contributed by atoms with van der Waals surface area (Å²) >= 11 is 0. The molecule has 0 unspecified atom stereocenters. The summed E-state index contributed by atoms with van der Waals surface area (Å²) in [4.78, 5) is 4.53. The van der Waals surface area contributed by atoms with E-state index in [9.17, 15) is 12.8 Å². The molecule has 1 fully saturated rings. The number of rotatable bonds is 4. The first kappa shape index (κ1) is 16.7. The molecule has 0 aliphatic carbocycles. The minimum absolute atomic E-state index is 0.0360. The molecule has 7 heteroatoms. The molecule has 1 heterocycles. The molecule has 24 heavy (non-hydrogen) atoms. The Labute approximate surface area is 141 Å². The van der Waals surface area contributed by atoms with E-state index in [0.29, 0.717) is 5.69 Å². The van der Waals surface area contributed by atoms with E-state index < -0.39 is 15.8 Å². The zero-order valence-electron chi connectivity index (χ0n) is 13.4. The molecule has 0 bridgehead atoms. The number of piperazine rings is 1. The number of hydrogen-bond donors (Lipinski definition) is 1. The molecular weight excluding hydrogens is 329 g/mol. The Hall–Kier alpha value is -2.12. The summed E-state index contributed by atoms with van der Waals surface area (Å²) in [6.45, 7) is 3.77. The maximum absolute atomic E-state index is 13.0. The maximum Gasteiger partial charge on any atom is 0.261 e. The Balaban J connectivity index is 1.78. The predicted molar refractivity (Wildman–Crippen MR) is 93.4 cm³/mol. The lowest BCUT2D eigenvalue weighted by molar-refractivity contribution is 0.313. The van der Waals surface area contributed by atoms with E-state index in [1.54, 1.807) is 6.07 Å². The van der Waals surface area contributed by atoms with Crippen LogP contribution in [0.15, 0.2) is 53.4 Å². The van der Waals surface area contributed by atoms with Gasteiger partial charge in [-0.3, -0.25) is 4.72 Å². The standard InChI is InChI=1S/C17H20FN3O2S/c1-20-9-11-21(12-10-20)16-4-2-3-15(13-16)19-24(22,23)17-7-5-14(18)6-8-17/h2-8,13,19H,9-12H2,1H3. The first-order valence-electron chi connectivity index (χ1n) is 7.76. The van der Waals surface area contributed by atoms with Crippen LogP contribution in [0.4, 0.5) is 15.8 Å². The van der Waals surface area contributed by atoms with Crippen molar-refractivity contribution >= 4 is 21.4 Å². The summed E-state index contributed by atoms with van der Waals surface area (Å²) in [5, 5.41) is 0. The summed E-state index contributed by atoms with van der Waals surface area (Å²) in [7, 11) is -1.64. The van der Waals surface area contributed by atoms with Gasteiger partial charge < -0.3 is 9.80 Å². The van der Waals surface area contributed by atoms with Crippen molar-refractivity contribution in [1.29, 1.82) is 0 Å². The highest BCUT2D eigenvalue weighted by Gasteiger charge is 2.17. The first-order chi connectivity index (χ1) is 11.4. The van der Waals surface area contributed by atoms with Gasteiger partial charge in [-0.25, -0.2) is 12.8 Å². The second-order valence-corrected chi connectivity index (χ2v) is 7.58. The van der Waals surface area contributed by atoms with Crippen LogP contribution in [0.5, 0.6) is 0 Å². The summed E-state index contributed by atoms with van der Waals surface area (Å²) in [5.74, 6) is -0.467. The van der Waals surface area contributed by atoms with Crippen LogP contribution >= 0.6 is 0 Å². The Kier molecular flexibility index (Phi) is 4.73. The summed E-state index contributed by atoms with van der Waals surface area (Å²) < 4.78 is 40.3. The van der Waals surface area contributed by atoms with E-state index >= 15 is 0 Å². The molecule has 0 saturated carbocycles. The quantitative estimate of drug-likeness (QED) is 0.921. The number of halogens is 1. The monoisotopic (exact) mass is 349 g/mol. The Morgan fingerprint density at radius 3 is 2.33 bits per heavy atom. The Morgan fingerprint density at radius 2 is 1.67 bits per heavy atom. The van der Waals surface area contributed by atoms with Gasteiger partial charge in [0, 0.05) is 31.9 Å². The van der Waals surface area contributed by atoms with Crippen molar-refractivity contribution in [3.8, 4) is 0 Å². The topological polar surface area (TPSA) is 52.6 Å². The van der Waals surface area contributed by atoms with Crippen molar-refractivity contribution in [3.63, 3.8) is 0 Å². The van der Waals surface area contributed by atoms with Gasteiger partial charge in [-0.1, -0.05) is 6.07 Å². The zero-order valence-corrected chi connectivity index (χ0v) is 14.3. The van der Waals surface area contributed by atoms with Crippen LogP contribution in [-0.4, -0.2) is 46.5 Å². The molecule has 2 aromatic rings. The number of nitrogens with one attached hydrogen (secondary N) is 1. The van der Waals surface area contributed by atoms with Crippen LogP contribution in [0, 0.1) is 5.82 Å². The van der Waals surface area contributed by atoms with E-state index in [-0.39, 0.29) is 4.90 Å². The molecular formula is C17H20FN3O2S. The second-order valence-electron chi connectivity index (χ2n) is 5.90. The van der Waals surface area contributed by atoms with Crippen LogP contribution in [0.2, 0.25) is 0 Å². The van der Waals surface area contributed by atoms with Gasteiger partial charge in [-0.05, 0) is 49.5 Å². The van der Waals surface area contributed by atoms with Crippen LogP contribution in [0.1, 0.15) is 0 Å². The third-order valence-electron chi connectivity index (χ3n) is 4.09. The molecule has 0 aromatic heterocycles. The highest BCUT2D eigenvalue weighted by Crippen LogP contribution is 2.23. The van der Waals surface area contributed by atoms with Gasteiger partial charge in [0.05, 0.1) is 10.6 Å². The minimum atomic E-state index is -3.73. The van der Waals surface area contributed by atoms with Gasteiger partial charge in [-0.15, -0.1) is 0 Å². The smallest absolute Gasteiger partial charge is 0.261 e. The number of sulfonamides is 1. The fourth-order valence-electron chi connectivity index (χ4n) is 2.66. The number of anilines is 2. The van der Waals surface area contributed by atoms with E-state index in [1.807, 2.05) is 18.2 Å². The fourth-order valence-corrected chi connectivity index (χ4v) is 3.71. The fraction of sp³-hybridized carbons (Fsp3) is 0.294. The molecule has 128 valence electrons. The van der Waals surface area contributed by atoms with Crippen LogP contribution in [0.3, 0.4) is 0 Å². The average molecular weight is 349 g/mol. The number of benzene rings is 2. The normalized spacial score (nSPS) is 16.2. The minimum Gasteiger partial charge on any atom is -0.369 e. The molecule has 5 nitrogen and oxygen atoms in total. The molecule has 1 aliphatic heterocycles. The van der Waals surface area contributed by atoms with Gasteiger partial charge >= 0.3 is 0 Å². The maximum atomic E-state index is 13.0. The number of likely N-dealkylation sites (N-methyl/N-ethyl adjacent to an activating group) is 1. The van der Waals surface area contributed by atoms with Crippen molar-refractivity contribution in [1.82, 2.24) is 4.90 Å². The van der Waals surface area contributed by atoms with Gasteiger partial charge in [0.25, 0.3) is 10.0 Å². The van der Waals surface area contributed by atoms with Gasteiger partial charge in [0.1, 0.15) is 5.82 Å². The summed E-state index contributed by atoms with van der Waals surface area (Å²) in [6, 6.07) is 12.1. The van der Waals surface area contributed by atoms with Gasteiger partial charge in [-0.2, -0.15) is 0 Å². The molecule has 1 saturated heterocycles. The van der Waals surface area contributed by atoms with Crippen molar-refractivity contribution in [2.45, 2.75) is 4.90 Å². The van der Waals surface area contributed by atoms with E-state index in [4.69, 9.17) is 0 Å².